The van der Waals surface area contributed by atoms with Gasteiger partial charge in [-0.1, -0.05) is 47.1 Å². The molecule has 0 heterocycles. The number of rotatable bonds is 4. The molecule has 1 amide bonds. The van der Waals surface area contributed by atoms with Crippen molar-refractivity contribution >= 4 is 51.9 Å². The van der Waals surface area contributed by atoms with E-state index in [2.05, 4.69) is 5.32 Å². The van der Waals surface area contributed by atoms with Crippen LogP contribution in [-0.4, -0.2) is 16.3 Å². The van der Waals surface area contributed by atoms with E-state index in [0.29, 0.717) is 15.8 Å². The molecule has 0 saturated carbocycles. The lowest BCUT2D eigenvalue weighted by Gasteiger charge is -2.08. The smallest absolute Gasteiger partial charge is 0.337 e. The van der Waals surface area contributed by atoms with Gasteiger partial charge in [0.25, 0.3) is 5.24 Å². The molecule has 0 aliphatic carbocycles. The Bertz CT molecular complexity index is 722. The zero-order valence-corrected chi connectivity index (χ0v) is 13.5. The highest BCUT2D eigenvalue weighted by Crippen LogP contribution is 2.26. The van der Waals surface area contributed by atoms with Gasteiger partial charge in [-0.15, -0.1) is 0 Å². The molecule has 22 heavy (non-hydrogen) atoms. The van der Waals surface area contributed by atoms with Crippen LogP contribution in [0.5, 0.6) is 0 Å². The Labute approximate surface area is 141 Å². The van der Waals surface area contributed by atoms with Crippen LogP contribution in [0.3, 0.4) is 0 Å². The molecule has 2 N–H and O–H groups in total. The molecule has 0 aromatic heterocycles. The Kier molecular flexibility index (Phi) is 5.71. The van der Waals surface area contributed by atoms with Gasteiger partial charge in [0.05, 0.1) is 11.3 Å². The van der Waals surface area contributed by atoms with E-state index < -0.39 is 5.97 Å². The number of thioether (sulfide) groups is 1. The second-order valence-electron chi connectivity index (χ2n) is 4.29. The normalized spacial score (nSPS) is 10.3. The number of hydrogen-bond acceptors (Lipinski definition) is 3. The number of anilines is 1. The van der Waals surface area contributed by atoms with Gasteiger partial charge in [-0.2, -0.15) is 0 Å². The van der Waals surface area contributed by atoms with Gasteiger partial charge in [0.1, 0.15) is 0 Å². The number of para-hydroxylation sites is 1. The van der Waals surface area contributed by atoms with Gasteiger partial charge in [0, 0.05) is 15.8 Å². The Hall–Kier alpha value is -1.69. The summed E-state index contributed by atoms with van der Waals surface area (Å²) >= 11 is 12.9. The van der Waals surface area contributed by atoms with E-state index >= 15 is 0 Å². The Morgan fingerprint density at radius 3 is 2.59 bits per heavy atom. The average molecular weight is 356 g/mol. The Balaban J connectivity index is 2.02. The summed E-state index contributed by atoms with van der Waals surface area (Å²) in [6, 6.07) is 11.2. The summed E-state index contributed by atoms with van der Waals surface area (Å²) in [4.78, 5) is 23.0. The molecular formula is C15H11Cl2NO3S. The van der Waals surface area contributed by atoms with Crippen LogP contribution in [0.1, 0.15) is 15.9 Å². The zero-order valence-electron chi connectivity index (χ0n) is 11.2. The summed E-state index contributed by atoms with van der Waals surface area (Å²) in [7, 11) is 0. The number of hydrogen-bond donors (Lipinski definition) is 2. The molecule has 0 aliphatic heterocycles. The quantitative estimate of drug-likeness (QED) is 0.794. The summed E-state index contributed by atoms with van der Waals surface area (Å²) < 4.78 is 0. The first kappa shape index (κ1) is 16.7. The number of carboxylic acid groups (broad SMARTS) is 1. The third-order valence-electron chi connectivity index (χ3n) is 2.76. The fraction of sp³-hybridized carbons (Fsp3) is 0.0667. The number of carboxylic acids is 1. The molecule has 7 heteroatoms. The highest BCUT2D eigenvalue weighted by atomic mass is 35.5. The predicted octanol–water partition coefficient (Wildman–Crippen LogP) is 5.16. The van der Waals surface area contributed by atoms with E-state index in [1.807, 2.05) is 0 Å². The van der Waals surface area contributed by atoms with Gasteiger partial charge in [-0.25, -0.2) is 4.79 Å². The lowest BCUT2D eigenvalue weighted by atomic mass is 10.2. The van der Waals surface area contributed by atoms with E-state index in [9.17, 15) is 9.59 Å². The van der Waals surface area contributed by atoms with Crippen LogP contribution in [0, 0.1) is 0 Å². The van der Waals surface area contributed by atoms with Crippen molar-refractivity contribution in [2.45, 2.75) is 5.75 Å². The van der Waals surface area contributed by atoms with Gasteiger partial charge in [-0.05, 0) is 35.9 Å². The van der Waals surface area contributed by atoms with Crippen LogP contribution in [0.15, 0.2) is 42.5 Å². The van der Waals surface area contributed by atoms with Gasteiger partial charge in [-0.3, -0.25) is 4.79 Å². The van der Waals surface area contributed by atoms with E-state index in [0.717, 1.165) is 17.3 Å². The molecule has 2 rings (SSSR count). The fourth-order valence-electron chi connectivity index (χ4n) is 1.72. The van der Waals surface area contributed by atoms with E-state index in [1.54, 1.807) is 30.3 Å². The fourth-order valence-corrected chi connectivity index (χ4v) is 2.89. The number of carbonyl (C=O) groups is 2. The maximum absolute atomic E-state index is 11.9. The van der Waals surface area contributed by atoms with Crippen molar-refractivity contribution in [1.29, 1.82) is 0 Å². The molecule has 2 aromatic rings. The molecular weight excluding hydrogens is 345 g/mol. The number of aromatic carboxylic acids is 1. The molecule has 0 bridgehead atoms. The third-order valence-corrected chi connectivity index (χ3v) is 4.18. The molecule has 4 nitrogen and oxygen atoms in total. The van der Waals surface area contributed by atoms with E-state index in [-0.39, 0.29) is 16.5 Å². The van der Waals surface area contributed by atoms with Gasteiger partial charge < -0.3 is 10.4 Å². The molecule has 0 aliphatic rings. The number of nitrogens with one attached hydrogen (secondary N) is 1. The molecule has 0 atom stereocenters. The van der Waals surface area contributed by atoms with Crippen LogP contribution in [0.2, 0.25) is 10.0 Å². The number of carbonyl (C=O) groups excluding carboxylic acids is 1. The van der Waals surface area contributed by atoms with Crippen molar-refractivity contribution < 1.29 is 14.7 Å². The predicted molar refractivity (Wildman–Crippen MR) is 90.2 cm³/mol. The van der Waals surface area contributed by atoms with Crippen LogP contribution < -0.4 is 5.32 Å². The summed E-state index contributed by atoms with van der Waals surface area (Å²) in [6.07, 6.45) is 0. The highest BCUT2D eigenvalue weighted by molar-refractivity contribution is 8.13. The summed E-state index contributed by atoms with van der Waals surface area (Å²) in [6.45, 7) is 0. The van der Waals surface area contributed by atoms with Crippen molar-refractivity contribution in [3.63, 3.8) is 0 Å². The van der Waals surface area contributed by atoms with Gasteiger partial charge in [0.15, 0.2) is 0 Å². The largest absolute Gasteiger partial charge is 0.478 e. The number of halogens is 2. The minimum absolute atomic E-state index is 0.0391. The van der Waals surface area contributed by atoms with Gasteiger partial charge >= 0.3 is 5.97 Å². The summed E-state index contributed by atoms with van der Waals surface area (Å²) in [5.41, 5.74) is 1.03. The van der Waals surface area contributed by atoms with Crippen molar-refractivity contribution in [2.75, 3.05) is 5.32 Å². The molecule has 0 unspecified atom stereocenters. The summed E-state index contributed by atoms with van der Waals surface area (Å²) in [5.74, 6) is -0.765. The van der Waals surface area contributed by atoms with Crippen molar-refractivity contribution in [3.05, 3.63) is 63.6 Å². The highest BCUT2D eigenvalue weighted by Gasteiger charge is 2.12. The second kappa shape index (κ2) is 7.54. The first-order valence-corrected chi connectivity index (χ1v) is 7.91. The molecule has 2 aromatic carbocycles. The molecule has 0 spiro atoms. The lowest BCUT2D eigenvalue weighted by molar-refractivity contribution is 0.0698. The van der Waals surface area contributed by atoms with E-state index in [1.165, 1.54) is 12.1 Å². The molecule has 0 fully saturated rings. The standard InChI is InChI=1S/C15H11Cl2NO3S/c16-10-5-6-12(17)9(7-10)8-22-15(21)18-13-4-2-1-3-11(13)14(19)20/h1-7H,8H2,(H,18,21)(H,19,20). The van der Waals surface area contributed by atoms with Crippen LogP contribution >= 0.6 is 35.0 Å². The number of benzene rings is 2. The van der Waals surface area contributed by atoms with Crippen molar-refractivity contribution in [2.24, 2.45) is 0 Å². The number of amides is 1. The minimum Gasteiger partial charge on any atom is -0.478 e. The zero-order chi connectivity index (χ0) is 16.1. The van der Waals surface area contributed by atoms with Gasteiger partial charge in [0.2, 0.25) is 0 Å². The Morgan fingerprint density at radius 1 is 1.14 bits per heavy atom. The maximum Gasteiger partial charge on any atom is 0.337 e. The third kappa shape index (κ3) is 4.40. The molecule has 0 radical (unpaired) electrons. The second-order valence-corrected chi connectivity index (χ2v) is 6.08. The Morgan fingerprint density at radius 2 is 1.86 bits per heavy atom. The maximum atomic E-state index is 11.9. The van der Waals surface area contributed by atoms with Crippen molar-refractivity contribution in [1.82, 2.24) is 0 Å². The van der Waals surface area contributed by atoms with E-state index in [4.69, 9.17) is 28.3 Å². The topological polar surface area (TPSA) is 66.4 Å². The SMILES string of the molecule is O=C(Nc1ccccc1C(=O)O)SCc1cc(Cl)ccc1Cl. The molecule has 114 valence electrons. The van der Waals surface area contributed by atoms with Crippen LogP contribution in [0.4, 0.5) is 10.5 Å². The first-order valence-electron chi connectivity index (χ1n) is 6.17. The summed E-state index contributed by atoms with van der Waals surface area (Å²) in [5, 5.41) is 12.3. The van der Waals surface area contributed by atoms with Crippen LogP contribution in [0.25, 0.3) is 0 Å². The monoisotopic (exact) mass is 355 g/mol. The minimum atomic E-state index is -1.10. The van der Waals surface area contributed by atoms with Crippen molar-refractivity contribution in [3.8, 4) is 0 Å². The molecule has 0 saturated heterocycles. The van der Waals surface area contributed by atoms with Crippen LogP contribution in [-0.2, 0) is 5.75 Å². The lowest BCUT2D eigenvalue weighted by Crippen LogP contribution is -2.10. The average Bonchev–Trinajstić information content (AvgIpc) is 2.48. The first-order chi connectivity index (χ1) is 10.5.